The second kappa shape index (κ2) is 6.91. The summed E-state index contributed by atoms with van der Waals surface area (Å²) < 4.78 is 5.16. The van der Waals surface area contributed by atoms with Crippen LogP contribution in [0.2, 0.25) is 0 Å². The molecule has 1 rings (SSSR count). The van der Waals surface area contributed by atoms with Crippen molar-refractivity contribution in [2.45, 2.75) is 25.9 Å². The van der Waals surface area contributed by atoms with Gasteiger partial charge in [0.2, 0.25) is 0 Å². The molecule has 0 radical (unpaired) electrons. The van der Waals surface area contributed by atoms with Gasteiger partial charge in [-0.25, -0.2) is 0 Å². The van der Waals surface area contributed by atoms with Crippen LogP contribution < -0.4 is 0 Å². The molecule has 2 atom stereocenters. The third-order valence-electron chi connectivity index (χ3n) is 2.94. The zero-order chi connectivity index (χ0) is 13.5. The highest BCUT2D eigenvalue weighted by Crippen LogP contribution is 2.16. The average molecular weight is 250 g/mol. The van der Waals surface area contributed by atoms with Crippen LogP contribution in [0.3, 0.4) is 0 Å². The number of ether oxygens (including phenoxy) is 1. The molecule has 4 nitrogen and oxygen atoms in total. The van der Waals surface area contributed by atoms with E-state index in [1.54, 1.807) is 0 Å². The van der Waals surface area contributed by atoms with Crippen LogP contribution in [0.15, 0.2) is 30.3 Å². The van der Waals surface area contributed by atoms with Crippen LogP contribution in [0.25, 0.3) is 0 Å². The van der Waals surface area contributed by atoms with E-state index in [2.05, 4.69) is 0 Å². The standard InChI is InChI=1S/C14H18O4/c1-10(15)13(14(16)17)12(18-2)9-8-11-6-4-3-5-7-11/h3-7,12-13H,8-9H2,1-2H3,(H,16,17). The van der Waals surface area contributed by atoms with Gasteiger partial charge in [-0.2, -0.15) is 0 Å². The molecule has 0 bridgehead atoms. The lowest BCUT2D eigenvalue weighted by Crippen LogP contribution is -2.35. The fourth-order valence-corrected chi connectivity index (χ4v) is 1.97. The maximum atomic E-state index is 11.3. The molecule has 1 N–H and O–H groups in total. The number of rotatable bonds is 7. The highest BCUT2D eigenvalue weighted by Gasteiger charge is 2.32. The zero-order valence-corrected chi connectivity index (χ0v) is 10.6. The summed E-state index contributed by atoms with van der Waals surface area (Å²) in [5, 5.41) is 9.04. The Bertz CT molecular complexity index is 386. The number of carbonyl (C=O) groups excluding carboxylic acids is 1. The van der Waals surface area contributed by atoms with E-state index in [-0.39, 0.29) is 5.78 Å². The highest BCUT2D eigenvalue weighted by atomic mass is 16.5. The van der Waals surface area contributed by atoms with Crippen LogP contribution >= 0.6 is 0 Å². The average Bonchev–Trinajstić information content (AvgIpc) is 2.34. The number of ketones is 1. The van der Waals surface area contributed by atoms with Crippen LogP contribution in [0, 0.1) is 5.92 Å². The van der Waals surface area contributed by atoms with Gasteiger partial charge in [-0.1, -0.05) is 30.3 Å². The summed E-state index contributed by atoms with van der Waals surface area (Å²) in [5.41, 5.74) is 1.10. The number of methoxy groups -OCH3 is 1. The van der Waals surface area contributed by atoms with Crippen LogP contribution in [0.4, 0.5) is 0 Å². The van der Waals surface area contributed by atoms with Crippen molar-refractivity contribution in [2.24, 2.45) is 5.92 Å². The molecule has 0 aliphatic rings. The summed E-state index contributed by atoms with van der Waals surface area (Å²) >= 11 is 0. The summed E-state index contributed by atoms with van der Waals surface area (Å²) in [6, 6.07) is 9.72. The van der Waals surface area contributed by atoms with Gasteiger partial charge in [-0.15, -0.1) is 0 Å². The number of carboxylic acids is 1. The highest BCUT2D eigenvalue weighted by molar-refractivity contribution is 5.97. The quantitative estimate of drug-likeness (QED) is 0.751. The van der Waals surface area contributed by atoms with Crippen molar-refractivity contribution < 1.29 is 19.4 Å². The number of benzene rings is 1. The van der Waals surface area contributed by atoms with E-state index >= 15 is 0 Å². The van der Waals surface area contributed by atoms with Gasteiger partial charge < -0.3 is 9.84 Å². The van der Waals surface area contributed by atoms with Crippen molar-refractivity contribution >= 4 is 11.8 Å². The maximum absolute atomic E-state index is 11.3. The number of aliphatic carboxylic acids is 1. The topological polar surface area (TPSA) is 63.6 Å². The molecule has 18 heavy (non-hydrogen) atoms. The van der Waals surface area contributed by atoms with Gasteiger partial charge in [0.15, 0.2) is 0 Å². The normalized spacial score (nSPS) is 13.9. The van der Waals surface area contributed by atoms with Crippen LogP contribution in [-0.2, 0) is 20.7 Å². The fourth-order valence-electron chi connectivity index (χ4n) is 1.97. The van der Waals surface area contributed by atoms with Gasteiger partial charge in [0.25, 0.3) is 0 Å². The predicted octanol–water partition coefficient (Wildman–Crippen LogP) is 1.92. The van der Waals surface area contributed by atoms with Gasteiger partial charge in [-0.3, -0.25) is 9.59 Å². The molecule has 98 valence electrons. The summed E-state index contributed by atoms with van der Waals surface area (Å²) in [4.78, 5) is 22.4. The SMILES string of the molecule is COC(CCc1ccccc1)C(C(C)=O)C(=O)O. The van der Waals surface area contributed by atoms with Gasteiger partial charge in [0.05, 0.1) is 6.10 Å². The van der Waals surface area contributed by atoms with E-state index in [9.17, 15) is 9.59 Å². The first kappa shape index (κ1) is 14.4. The second-order valence-electron chi connectivity index (χ2n) is 4.22. The smallest absolute Gasteiger partial charge is 0.316 e. The van der Waals surface area contributed by atoms with Gasteiger partial charge in [0, 0.05) is 7.11 Å². The van der Waals surface area contributed by atoms with E-state index in [0.29, 0.717) is 12.8 Å². The predicted molar refractivity (Wildman–Crippen MR) is 67.4 cm³/mol. The molecule has 0 aromatic heterocycles. The van der Waals surface area contributed by atoms with E-state index in [1.807, 2.05) is 30.3 Å². The first-order valence-electron chi connectivity index (χ1n) is 5.86. The van der Waals surface area contributed by atoms with Gasteiger partial charge >= 0.3 is 5.97 Å². The second-order valence-corrected chi connectivity index (χ2v) is 4.22. The molecule has 0 aliphatic carbocycles. The Morgan fingerprint density at radius 1 is 1.28 bits per heavy atom. The van der Waals surface area contributed by atoms with E-state index in [0.717, 1.165) is 5.56 Å². The maximum Gasteiger partial charge on any atom is 0.316 e. The first-order chi connectivity index (χ1) is 8.56. The van der Waals surface area contributed by atoms with Crippen molar-refractivity contribution in [3.05, 3.63) is 35.9 Å². The molecular weight excluding hydrogens is 232 g/mol. The Balaban J connectivity index is 2.66. The Morgan fingerprint density at radius 2 is 1.89 bits per heavy atom. The van der Waals surface area contributed by atoms with Gasteiger partial charge in [0.1, 0.15) is 11.7 Å². The minimum absolute atomic E-state index is 0.373. The number of Topliss-reactive ketones (excluding diaryl/α,β-unsaturated/α-hetero) is 1. The monoisotopic (exact) mass is 250 g/mol. The molecule has 0 saturated heterocycles. The Morgan fingerprint density at radius 3 is 2.33 bits per heavy atom. The molecule has 1 aromatic rings. The molecule has 0 amide bonds. The molecule has 1 aromatic carbocycles. The molecule has 0 spiro atoms. The van der Waals surface area contributed by atoms with Crippen molar-refractivity contribution in [1.82, 2.24) is 0 Å². The van der Waals surface area contributed by atoms with E-state index < -0.39 is 18.0 Å². The third-order valence-corrected chi connectivity index (χ3v) is 2.94. The van der Waals surface area contributed by atoms with E-state index in [1.165, 1.54) is 14.0 Å². The fraction of sp³-hybridized carbons (Fsp3) is 0.429. The molecule has 0 fully saturated rings. The van der Waals surface area contributed by atoms with Gasteiger partial charge in [-0.05, 0) is 25.3 Å². The van der Waals surface area contributed by atoms with Crippen molar-refractivity contribution in [2.75, 3.05) is 7.11 Å². The Hall–Kier alpha value is -1.68. The molecule has 0 heterocycles. The number of hydrogen-bond donors (Lipinski definition) is 1. The number of carbonyl (C=O) groups is 2. The third kappa shape index (κ3) is 3.96. The minimum atomic E-state index is -1.12. The summed E-state index contributed by atoms with van der Waals surface area (Å²) in [6.07, 6.45) is 0.619. The van der Waals surface area contributed by atoms with Crippen molar-refractivity contribution in [3.63, 3.8) is 0 Å². The molecular formula is C14H18O4. The number of hydrogen-bond acceptors (Lipinski definition) is 3. The number of aryl methyl sites for hydroxylation is 1. The molecule has 4 heteroatoms. The first-order valence-corrected chi connectivity index (χ1v) is 5.86. The molecule has 0 aliphatic heterocycles. The largest absolute Gasteiger partial charge is 0.481 e. The van der Waals surface area contributed by atoms with E-state index in [4.69, 9.17) is 9.84 Å². The lowest BCUT2D eigenvalue weighted by Gasteiger charge is -2.20. The molecule has 2 unspecified atom stereocenters. The van der Waals surface area contributed by atoms with Crippen molar-refractivity contribution in [1.29, 1.82) is 0 Å². The zero-order valence-electron chi connectivity index (χ0n) is 10.6. The lowest BCUT2D eigenvalue weighted by atomic mass is 9.93. The Labute approximate surface area is 107 Å². The van der Waals surface area contributed by atoms with Crippen LogP contribution in [-0.4, -0.2) is 30.1 Å². The van der Waals surface area contributed by atoms with Crippen molar-refractivity contribution in [3.8, 4) is 0 Å². The molecule has 0 saturated carbocycles. The number of carboxylic acid groups (broad SMARTS) is 1. The van der Waals surface area contributed by atoms with Crippen LogP contribution in [0.1, 0.15) is 18.9 Å². The minimum Gasteiger partial charge on any atom is -0.481 e. The summed E-state index contributed by atoms with van der Waals surface area (Å²) in [5.74, 6) is -2.58. The lowest BCUT2D eigenvalue weighted by molar-refractivity contribution is -0.151. The summed E-state index contributed by atoms with van der Waals surface area (Å²) in [7, 11) is 1.44. The van der Waals surface area contributed by atoms with Crippen LogP contribution in [0.5, 0.6) is 0 Å². The summed E-state index contributed by atoms with van der Waals surface area (Å²) in [6.45, 7) is 1.29. The Kier molecular flexibility index (Phi) is 5.52.